The van der Waals surface area contributed by atoms with Gasteiger partial charge in [-0.25, -0.2) is 0 Å². The van der Waals surface area contributed by atoms with E-state index in [0.29, 0.717) is 12.8 Å². The standard InChI is InChI=1S/C30H58O10/c31-19-25(35)16-14-12-10-8-6-4-2-1-3-5-7-9-11-13-15-24(17-26(36)20-32)29(18-27(37)21-33)30(39)40-23-28(38)22-34/h3,5,24-29,31-38H,1-2,4,6-23H2. The zero-order chi connectivity index (χ0) is 30.0. The molecule has 0 aromatic carbocycles. The molecule has 6 unspecified atom stereocenters. The molecule has 10 nitrogen and oxygen atoms in total. The van der Waals surface area contributed by atoms with Gasteiger partial charge in [0.1, 0.15) is 12.7 Å². The molecular formula is C30H58O10. The molecule has 8 N–H and O–H groups in total. The molecule has 0 saturated heterocycles. The molecule has 0 aromatic rings. The van der Waals surface area contributed by atoms with Crippen LogP contribution in [0.5, 0.6) is 0 Å². The molecule has 0 radical (unpaired) electrons. The first kappa shape index (κ1) is 38.9. The first-order chi connectivity index (χ1) is 19.3. The van der Waals surface area contributed by atoms with Crippen LogP contribution >= 0.6 is 0 Å². The van der Waals surface area contributed by atoms with Crippen LogP contribution in [0.15, 0.2) is 12.2 Å². The van der Waals surface area contributed by atoms with Crippen LogP contribution in [0.3, 0.4) is 0 Å². The predicted molar refractivity (Wildman–Crippen MR) is 153 cm³/mol. The van der Waals surface area contributed by atoms with Crippen molar-refractivity contribution in [2.24, 2.45) is 11.8 Å². The van der Waals surface area contributed by atoms with E-state index in [1.165, 1.54) is 32.1 Å². The largest absolute Gasteiger partial charge is 0.463 e. The van der Waals surface area contributed by atoms with Crippen LogP contribution in [0.2, 0.25) is 0 Å². The highest BCUT2D eigenvalue weighted by molar-refractivity contribution is 5.72. The number of rotatable bonds is 28. The fraction of sp³-hybridized carbons (Fsp3) is 0.900. The van der Waals surface area contributed by atoms with E-state index in [9.17, 15) is 35.4 Å². The number of aliphatic hydroxyl groups is 8. The first-order valence-electron chi connectivity index (χ1n) is 15.3. The molecule has 0 aliphatic carbocycles. The van der Waals surface area contributed by atoms with Gasteiger partial charge in [-0.2, -0.15) is 0 Å². The number of esters is 1. The Hall–Kier alpha value is -1.11. The Labute approximate surface area is 240 Å². The minimum Gasteiger partial charge on any atom is -0.463 e. The summed E-state index contributed by atoms with van der Waals surface area (Å²) >= 11 is 0. The normalized spacial score (nSPS) is 16.5. The minimum atomic E-state index is -1.21. The number of hydrogen-bond donors (Lipinski definition) is 8. The summed E-state index contributed by atoms with van der Waals surface area (Å²) in [7, 11) is 0. The van der Waals surface area contributed by atoms with Crippen LogP contribution in [0.4, 0.5) is 0 Å². The maximum atomic E-state index is 12.7. The molecule has 0 aliphatic heterocycles. The number of unbranched alkanes of at least 4 members (excludes halogenated alkanes) is 10. The van der Waals surface area contributed by atoms with Gasteiger partial charge in [0.2, 0.25) is 0 Å². The predicted octanol–water partition coefficient (Wildman–Crippen LogP) is 1.97. The summed E-state index contributed by atoms with van der Waals surface area (Å²) in [6.45, 7) is -2.08. The van der Waals surface area contributed by atoms with Crippen LogP contribution in [0.25, 0.3) is 0 Å². The molecule has 6 atom stereocenters. The molecule has 0 spiro atoms. The lowest BCUT2D eigenvalue weighted by atomic mass is 9.80. The molecule has 0 saturated carbocycles. The van der Waals surface area contributed by atoms with Gasteiger partial charge in [0.05, 0.1) is 50.7 Å². The Morgan fingerprint density at radius 1 is 0.550 bits per heavy atom. The molecule has 40 heavy (non-hydrogen) atoms. The number of carbonyl (C=O) groups excluding carboxylic acids is 1. The van der Waals surface area contributed by atoms with Gasteiger partial charge in [0, 0.05) is 0 Å². The monoisotopic (exact) mass is 578 g/mol. The summed E-state index contributed by atoms with van der Waals surface area (Å²) in [6.07, 6.45) is 14.5. The number of allylic oxidation sites excluding steroid dienone is 2. The quantitative estimate of drug-likeness (QED) is 0.0387. The highest BCUT2D eigenvalue weighted by atomic mass is 16.5. The van der Waals surface area contributed by atoms with Crippen LogP contribution < -0.4 is 0 Å². The molecule has 0 aromatic heterocycles. The fourth-order valence-electron chi connectivity index (χ4n) is 4.79. The van der Waals surface area contributed by atoms with E-state index in [-0.39, 0.29) is 32.0 Å². The third-order valence-electron chi connectivity index (χ3n) is 7.25. The van der Waals surface area contributed by atoms with Gasteiger partial charge in [-0.3, -0.25) is 4.79 Å². The van der Waals surface area contributed by atoms with E-state index in [1.54, 1.807) is 0 Å². The topological polar surface area (TPSA) is 188 Å². The Balaban J connectivity index is 4.34. The first-order valence-corrected chi connectivity index (χ1v) is 15.3. The second-order valence-corrected chi connectivity index (χ2v) is 11.0. The Bertz CT molecular complexity index is 603. The second-order valence-electron chi connectivity index (χ2n) is 11.0. The van der Waals surface area contributed by atoms with Crippen molar-refractivity contribution in [3.8, 4) is 0 Å². The molecular weight excluding hydrogens is 520 g/mol. The summed E-state index contributed by atoms with van der Waals surface area (Å²) < 4.78 is 5.13. The van der Waals surface area contributed by atoms with Crippen molar-refractivity contribution in [2.45, 2.75) is 127 Å². The highest BCUT2D eigenvalue weighted by Crippen LogP contribution is 2.29. The summed E-state index contributed by atoms with van der Waals surface area (Å²) in [5, 5.41) is 75.2. The summed E-state index contributed by atoms with van der Waals surface area (Å²) in [6, 6.07) is 0. The van der Waals surface area contributed by atoms with Gasteiger partial charge in [-0.1, -0.05) is 63.5 Å². The van der Waals surface area contributed by atoms with E-state index < -0.39 is 56.1 Å². The average molecular weight is 579 g/mol. The smallest absolute Gasteiger partial charge is 0.309 e. The van der Waals surface area contributed by atoms with E-state index in [0.717, 1.165) is 44.9 Å². The number of carbonyl (C=O) groups is 1. The SMILES string of the molecule is O=C(OCC(O)CO)C(CC(O)CO)C(CCCCCC=CCCCCCCCCCC(O)CO)CC(O)CO. The maximum absolute atomic E-state index is 12.7. The lowest BCUT2D eigenvalue weighted by Gasteiger charge is -2.29. The molecule has 10 heteroatoms. The zero-order valence-corrected chi connectivity index (χ0v) is 24.4. The highest BCUT2D eigenvalue weighted by Gasteiger charge is 2.33. The fourth-order valence-corrected chi connectivity index (χ4v) is 4.79. The van der Waals surface area contributed by atoms with Gasteiger partial charge >= 0.3 is 5.97 Å². The van der Waals surface area contributed by atoms with Crippen molar-refractivity contribution in [3.05, 3.63) is 12.2 Å². The van der Waals surface area contributed by atoms with Gasteiger partial charge in [0.25, 0.3) is 0 Å². The number of ether oxygens (including phenoxy) is 1. The molecule has 238 valence electrons. The summed E-state index contributed by atoms with van der Waals surface area (Å²) in [4.78, 5) is 12.7. The molecule has 0 fully saturated rings. The third-order valence-corrected chi connectivity index (χ3v) is 7.25. The Kier molecular flexibility index (Phi) is 26.0. The van der Waals surface area contributed by atoms with Crippen molar-refractivity contribution in [2.75, 3.05) is 33.0 Å². The number of hydrogen-bond acceptors (Lipinski definition) is 10. The van der Waals surface area contributed by atoms with Crippen molar-refractivity contribution in [1.29, 1.82) is 0 Å². The molecule has 0 heterocycles. The Morgan fingerprint density at radius 2 is 1.00 bits per heavy atom. The molecule has 0 amide bonds. The van der Waals surface area contributed by atoms with Crippen molar-refractivity contribution in [3.63, 3.8) is 0 Å². The summed E-state index contributed by atoms with van der Waals surface area (Å²) in [5.41, 5.74) is 0. The molecule has 0 rings (SSSR count). The molecule has 0 aliphatic rings. The lowest BCUT2D eigenvalue weighted by molar-refractivity contribution is -0.156. The van der Waals surface area contributed by atoms with Gasteiger partial charge in [-0.15, -0.1) is 0 Å². The van der Waals surface area contributed by atoms with Crippen LogP contribution in [0.1, 0.15) is 103 Å². The van der Waals surface area contributed by atoms with Crippen LogP contribution in [-0.4, -0.2) is 104 Å². The van der Waals surface area contributed by atoms with E-state index in [2.05, 4.69) is 12.2 Å². The minimum absolute atomic E-state index is 0.0646. The lowest BCUT2D eigenvalue weighted by Crippen LogP contribution is -2.35. The average Bonchev–Trinajstić information content (AvgIpc) is 2.96. The van der Waals surface area contributed by atoms with Crippen molar-refractivity contribution in [1.82, 2.24) is 0 Å². The van der Waals surface area contributed by atoms with Crippen LogP contribution in [-0.2, 0) is 9.53 Å². The van der Waals surface area contributed by atoms with Crippen LogP contribution in [0, 0.1) is 11.8 Å². The Morgan fingerprint density at radius 3 is 1.55 bits per heavy atom. The van der Waals surface area contributed by atoms with Gasteiger partial charge in [0.15, 0.2) is 0 Å². The van der Waals surface area contributed by atoms with Gasteiger partial charge < -0.3 is 45.6 Å². The van der Waals surface area contributed by atoms with E-state index in [4.69, 9.17) is 14.9 Å². The summed E-state index contributed by atoms with van der Waals surface area (Å²) in [5.74, 6) is -1.88. The zero-order valence-electron chi connectivity index (χ0n) is 24.4. The van der Waals surface area contributed by atoms with Crippen molar-refractivity contribution >= 4 is 5.97 Å². The van der Waals surface area contributed by atoms with E-state index >= 15 is 0 Å². The second kappa shape index (κ2) is 26.8. The number of aliphatic hydroxyl groups excluding tert-OH is 8. The third kappa shape index (κ3) is 21.6. The van der Waals surface area contributed by atoms with E-state index in [1.807, 2.05) is 0 Å². The maximum Gasteiger partial charge on any atom is 0.309 e. The molecule has 0 bridgehead atoms. The van der Waals surface area contributed by atoms with Crippen molar-refractivity contribution < 1.29 is 50.4 Å². The van der Waals surface area contributed by atoms with Gasteiger partial charge in [-0.05, 0) is 57.3 Å².